The number of allylic oxidation sites excluding steroid dienone is 1. The Labute approximate surface area is 92.5 Å². The van der Waals surface area contributed by atoms with E-state index < -0.39 is 0 Å². The molecule has 15 heavy (non-hydrogen) atoms. The summed E-state index contributed by atoms with van der Waals surface area (Å²) in [6.45, 7) is 10.4. The van der Waals surface area contributed by atoms with Crippen molar-refractivity contribution in [1.29, 1.82) is 0 Å². The highest BCUT2D eigenvalue weighted by Crippen LogP contribution is 2.26. The van der Waals surface area contributed by atoms with Crippen LogP contribution in [0.5, 0.6) is 0 Å². The lowest BCUT2D eigenvalue weighted by Gasteiger charge is -2.03. The van der Waals surface area contributed by atoms with Gasteiger partial charge in [0.2, 0.25) is 0 Å². The first kappa shape index (κ1) is 11.9. The van der Waals surface area contributed by atoms with Crippen LogP contribution in [0.4, 0.5) is 0 Å². The van der Waals surface area contributed by atoms with E-state index in [1.165, 1.54) is 5.57 Å². The molecular weight excluding hydrogens is 184 g/mol. The fourth-order valence-corrected chi connectivity index (χ4v) is 1.56. The fourth-order valence-electron chi connectivity index (χ4n) is 1.56. The molecule has 0 saturated heterocycles. The molecule has 0 bridgehead atoms. The molecule has 0 radical (unpaired) electrons. The van der Waals surface area contributed by atoms with Crippen LogP contribution in [0.25, 0.3) is 6.08 Å². The highest BCUT2D eigenvalue weighted by atomic mass is 14.8. The normalized spacial score (nSPS) is 13.1. The van der Waals surface area contributed by atoms with E-state index in [1.807, 2.05) is 27.0 Å². The summed E-state index contributed by atoms with van der Waals surface area (Å²) in [5.41, 5.74) is 4.65. The van der Waals surface area contributed by atoms with Crippen LogP contribution in [0.15, 0.2) is 11.8 Å². The maximum absolute atomic E-state index is 4.45. The minimum absolute atomic E-state index is 0.608. The van der Waals surface area contributed by atoms with E-state index in [9.17, 15) is 0 Å². The molecule has 0 aliphatic heterocycles. The van der Waals surface area contributed by atoms with Crippen LogP contribution in [0.2, 0.25) is 0 Å². The zero-order valence-electron chi connectivity index (χ0n) is 10.3. The van der Waals surface area contributed by atoms with Gasteiger partial charge in [-0.3, -0.25) is 9.97 Å². The van der Waals surface area contributed by atoms with Gasteiger partial charge in [-0.1, -0.05) is 33.3 Å². The molecule has 1 aromatic heterocycles. The van der Waals surface area contributed by atoms with E-state index in [2.05, 4.69) is 29.9 Å². The highest BCUT2D eigenvalue weighted by Gasteiger charge is 2.16. The van der Waals surface area contributed by atoms with Crippen molar-refractivity contribution in [2.45, 2.75) is 41.0 Å². The summed E-state index contributed by atoms with van der Waals surface area (Å²) in [7, 11) is 0. The van der Waals surface area contributed by atoms with Gasteiger partial charge in [-0.2, -0.15) is 0 Å². The van der Waals surface area contributed by atoms with E-state index in [1.54, 1.807) is 0 Å². The molecular formula is C13H20N2. The van der Waals surface area contributed by atoms with Gasteiger partial charge in [0.05, 0.1) is 17.1 Å². The molecule has 2 heteroatoms. The smallest absolute Gasteiger partial charge is 0.0851 e. The maximum atomic E-state index is 4.45. The first-order valence-corrected chi connectivity index (χ1v) is 5.70. The minimum atomic E-state index is 0.608. The second-order valence-corrected chi connectivity index (χ2v) is 3.89. The van der Waals surface area contributed by atoms with Gasteiger partial charge in [-0.25, -0.2) is 0 Å². The van der Waals surface area contributed by atoms with Crippen molar-refractivity contribution in [3.8, 4) is 0 Å². The topological polar surface area (TPSA) is 25.8 Å². The molecule has 0 saturated carbocycles. The third kappa shape index (κ3) is 2.65. The average Bonchev–Trinajstić information content (AvgIpc) is 2.63. The SMILES string of the molecule is CC.Cc1cnc2c(n1)C=C(C(C)C)C2. The Morgan fingerprint density at radius 3 is 2.53 bits per heavy atom. The van der Waals surface area contributed by atoms with Gasteiger partial charge in [0.1, 0.15) is 0 Å². The zero-order valence-corrected chi connectivity index (χ0v) is 10.3. The summed E-state index contributed by atoms with van der Waals surface area (Å²) in [4.78, 5) is 8.82. The predicted octanol–water partition coefficient (Wildman–Crippen LogP) is 3.41. The first-order chi connectivity index (χ1) is 7.16. The van der Waals surface area contributed by atoms with Crippen molar-refractivity contribution in [3.63, 3.8) is 0 Å². The van der Waals surface area contributed by atoms with Crippen LogP contribution in [-0.2, 0) is 6.42 Å². The van der Waals surface area contributed by atoms with Gasteiger partial charge in [-0.15, -0.1) is 0 Å². The second kappa shape index (κ2) is 5.06. The molecule has 0 unspecified atom stereocenters. The molecule has 0 fully saturated rings. The van der Waals surface area contributed by atoms with Crippen LogP contribution < -0.4 is 0 Å². The van der Waals surface area contributed by atoms with Gasteiger partial charge >= 0.3 is 0 Å². The standard InChI is InChI=1S/C11H14N2.C2H6/c1-7(2)9-4-10-11(5-9)13-8(3)6-12-10;1-2/h5-7H,4H2,1-3H3;1-2H3. The third-order valence-corrected chi connectivity index (χ3v) is 2.43. The first-order valence-electron chi connectivity index (χ1n) is 5.70. The van der Waals surface area contributed by atoms with Crippen molar-refractivity contribution < 1.29 is 0 Å². The molecule has 1 heterocycles. The van der Waals surface area contributed by atoms with Gasteiger partial charge in [0.25, 0.3) is 0 Å². The van der Waals surface area contributed by atoms with Crippen LogP contribution in [-0.4, -0.2) is 9.97 Å². The molecule has 1 aliphatic carbocycles. The van der Waals surface area contributed by atoms with Crippen LogP contribution >= 0.6 is 0 Å². The van der Waals surface area contributed by atoms with Crippen molar-refractivity contribution in [2.75, 3.05) is 0 Å². The fraction of sp³-hybridized carbons (Fsp3) is 0.538. The number of rotatable bonds is 1. The zero-order chi connectivity index (χ0) is 11.4. The molecule has 0 aromatic carbocycles. The Balaban J connectivity index is 0.000000531. The van der Waals surface area contributed by atoms with E-state index >= 15 is 0 Å². The van der Waals surface area contributed by atoms with Crippen molar-refractivity contribution in [2.24, 2.45) is 5.92 Å². The molecule has 0 atom stereocenters. The summed E-state index contributed by atoms with van der Waals surface area (Å²) in [5.74, 6) is 0.608. The Morgan fingerprint density at radius 2 is 1.93 bits per heavy atom. The molecule has 82 valence electrons. The van der Waals surface area contributed by atoms with Crippen LogP contribution in [0, 0.1) is 12.8 Å². The molecule has 0 amide bonds. The van der Waals surface area contributed by atoms with E-state index in [4.69, 9.17) is 0 Å². The Morgan fingerprint density at radius 1 is 1.27 bits per heavy atom. The van der Waals surface area contributed by atoms with Gasteiger partial charge in [-0.05, 0) is 18.9 Å². The Bertz CT molecular complexity index is 365. The predicted molar refractivity (Wildman–Crippen MR) is 64.6 cm³/mol. The molecule has 0 N–H and O–H groups in total. The van der Waals surface area contributed by atoms with Crippen molar-refractivity contribution in [3.05, 3.63) is 28.9 Å². The molecule has 1 aromatic rings. The number of fused-ring (bicyclic) bond motifs is 1. The van der Waals surface area contributed by atoms with E-state index in [0.29, 0.717) is 5.92 Å². The van der Waals surface area contributed by atoms with Gasteiger partial charge < -0.3 is 0 Å². The number of hydrogen-bond acceptors (Lipinski definition) is 2. The quantitative estimate of drug-likeness (QED) is 0.700. The highest BCUT2D eigenvalue weighted by molar-refractivity contribution is 5.58. The summed E-state index contributed by atoms with van der Waals surface area (Å²) >= 11 is 0. The molecule has 2 nitrogen and oxygen atoms in total. The lowest BCUT2D eigenvalue weighted by Crippen LogP contribution is -1.96. The average molecular weight is 204 g/mol. The Kier molecular flexibility index (Phi) is 4.01. The maximum Gasteiger partial charge on any atom is 0.0851 e. The second-order valence-electron chi connectivity index (χ2n) is 3.89. The summed E-state index contributed by atoms with van der Waals surface area (Å²) < 4.78 is 0. The third-order valence-electron chi connectivity index (χ3n) is 2.43. The van der Waals surface area contributed by atoms with Crippen LogP contribution in [0.1, 0.15) is 44.8 Å². The van der Waals surface area contributed by atoms with Crippen molar-refractivity contribution >= 4 is 6.08 Å². The summed E-state index contributed by atoms with van der Waals surface area (Å²) in [6.07, 6.45) is 5.01. The summed E-state index contributed by atoms with van der Waals surface area (Å²) in [6, 6.07) is 0. The van der Waals surface area contributed by atoms with Gasteiger partial charge in [0.15, 0.2) is 0 Å². The number of nitrogens with zero attached hydrogens (tertiary/aromatic N) is 2. The van der Waals surface area contributed by atoms with Gasteiger partial charge in [0, 0.05) is 12.6 Å². The van der Waals surface area contributed by atoms with E-state index in [-0.39, 0.29) is 0 Å². The lowest BCUT2D eigenvalue weighted by molar-refractivity contribution is 0.749. The number of aryl methyl sites for hydroxylation is 1. The monoisotopic (exact) mass is 204 g/mol. The Hall–Kier alpha value is -1.18. The minimum Gasteiger partial charge on any atom is -0.257 e. The van der Waals surface area contributed by atoms with Crippen LogP contribution in [0.3, 0.4) is 0 Å². The number of aromatic nitrogens is 2. The summed E-state index contributed by atoms with van der Waals surface area (Å²) in [5, 5.41) is 0. The van der Waals surface area contributed by atoms with E-state index in [0.717, 1.165) is 23.5 Å². The molecule has 2 rings (SSSR count). The largest absolute Gasteiger partial charge is 0.257 e. The number of hydrogen-bond donors (Lipinski definition) is 0. The lowest BCUT2D eigenvalue weighted by atomic mass is 10.0. The van der Waals surface area contributed by atoms with Crippen molar-refractivity contribution in [1.82, 2.24) is 9.97 Å². The molecule has 1 aliphatic rings. The molecule has 0 spiro atoms.